The first-order valence-electron chi connectivity index (χ1n) is 9.16. The summed E-state index contributed by atoms with van der Waals surface area (Å²) in [5, 5.41) is 12.4. The van der Waals surface area contributed by atoms with Crippen LogP contribution in [-0.2, 0) is 4.79 Å². The van der Waals surface area contributed by atoms with E-state index in [4.69, 9.17) is 16.0 Å². The maximum Gasteiger partial charge on any atom is 0.277 e. The summed E-state index contributed by atoms with van der Waals surface area (Å²) in [5.74, 6) is -0.167. The standard InChI is InChI=1S/C21H17ClFN3O2S2/c1-11(13-7-9-14(23)10-8-13)24-19(27)12(2)29-21-26-25-20(28-21)18-17(22)15-5-3-4-6-16(15)30-18/h3-12H,1-2H3,(H,24,27)/t11-,12-/m0/s1. The SMILES string of the molecule is C[C@H](Sc1nnc(-c2sc3ccccc3c2Cl)o1)C(=O)N[C@@H](C)c1ccc(F)cc1. The number of fused-ring (bicyclic) bond motifs is 1. The van der Waals surface area contributed by atoms with Crippen molar-refractivity contribution in [3.63, 3.8) is 0 Å². The molecule has 0 saturated heterocycles. The lowest BCUT2D eigenvalue weighted by molar-refractivity contribution is -0.120. The molecule has 2 heterocycles. The Morgan fingerprint density at radius 3 is 2.63 bits per heavy atom. The fraction of sp³-hybridized carbons (Fsp3) is 0.190. The van der Waals surface area contributed by atoms with Crippen molar-refractivity contribution in [1.29, 1.82) is 0 Å². The zero-order chi connectivity index (χ0) is 21.3. The molecule has 30 heavy (non-hydrogen) atoms. The van der Waals surface area contributed by atoms with Crippen molar-refractivity contribution in [3.05, 3.63) is 64.9 Å². The molecule has 0 aliphatic carbocycles. The van der Waals surface area contributed by atoms with Gasteiger partial charge in [-0.05, 0) is 37.6 Å². The van der Waals surface area contributed by atoms with E-state index < -0.39 is 5.25 Å². The van der Waals surface area contributed by atoms with Crippen LogP contribution in [0.15, 0.2) is 58.2 Å². The molecule has 0 saturated carbocycles. The zero-order valence-corrected chi connectivity index (χ0v) is 18.4. The first-order valence-corrected chi connectivity index (χ1v) is 11.2. The lowest BCUT2D eigenvalue weighted by Crippen LogP contribution is -2.33. The molecule has 4 aromatic rings. The molecule has 4 rings (SSSR count). The molecule has 0 spiro atoms. The third kappa shape index (κ3) is 4.35. The van der Waals surface area contributed by atoms with E-state index in [2.05, 4.69) is 15.5 Å². The number of hydrogen-bond donors (Lipinski definition) is 1. The average molecular weight is 462 g/mol. The predicted molar refractivity (Wildman–Crippen MR) is 118 cm³/mol. The fourth-order valence-corrected chi connectivity index (χ4v) is 5.00. The minimum Gasteiger partial charge on any atom is -0.410 e. The van der Waals surface area contributed by atoms with Crippen LogP contribution in [0, 0.1) is 5.82 Å². The molecule has 2 atom stereocenters. The van der Waals surface area contributed by atoms with E-state index >= 15 is 0 Å². The Morgan fingerprint density at radius 1 is 1.17 bits per heavy atom. The molecule has 0 aliphatic rings. The van der Waals surface area contributed by atoms with Crippen molar-refractivity contribution in [2.24, 2.45) is 0 Å². The number of nitrogens with one attached hydrogen (secondary N) is 1. The highest BCUT2D eigenvalue weighted by atomic mass is 35.5. The molecular formula is C21H17ClFN3O2S2. The Labute approximate surface area is 185 Å². The number of carbonyl (C=O) groups is 1. The number of thiophene rings is 1. The number of carbonyl (C=O) groups excluding carboxylic acids is 1. The number of thioether (sulfide) groups is 1. The summed E-state index contributed by atoms with van der Waals surface area (Å²) in [5.41, 5.74) is 0.821. The van der Waals surface area contributed by atoms with Gasteiger partial charge >= 0.3 is 0 Å². The highest BCUT2D eigenvalue weighted by Crippen LogP contribution is 2.42. The van der Waals surface area contributed by atoms with Crippen LogP contribution < -0.4 is 5.32 Å². The van der Waals surface area contributed by atoms with Gasteiger partial charge in [0.05, 0.1) is 16.3 Å². The number of nitrogens with zero attached hydrogens (tertiary/aromatic N) is 2. The monoisotopic (exact) mass is 461 g/mol. The second-order valence-corrected chi connectivity index (χ2v) is 9.38. The Hall–Kier alpha value is -2.42. The van der Waals surface area contributed by atoms with Crippen molar-refractivity contribution in [2.45, 2.75) is 30.4 Å². The highest BCUT2D eigenvalue weighted by Gasteiger charge is 2.22. The Balaban J connectivity index is 1.43. The molecular weight excluding hydrogens is 445 g/mol. The second-order valence-electron chi connectivity index (χ2n) is 6.66. The van der Waals surface area contributed by atoms with E-state index in [9.17, 15) is 9.18 Å². The molecule has 1 amide bonds. The van der Waals surface area contributed by atoms with E-state index in [0.717, 1.165) is 15.6 Å². The summed E-state index contributed by atoms with van der Waals surface area (Å²) in [6.07, 6.45) is 0. The van der Waals surface area contributed by atoms with Gasteiger partial charge in [-0.25, -0.2) is 4.39 Å². The fourth-order valence-electron chi connectivity index (χ4n) is 2.87. The summed E-state index contributed by atoms with van der Waals surface area (Å²) < 4.78 is 19.9. The lowest BCUT2D eigenvalue weighted by atomic mass is 10.1. The first kappa shape index (κ1) is 20.8. The van der Waals surface area contributed by atoms with Crippen molar-refractivity contribution in [3.8, 4) is 10.8 Å². The van der Waals surface area contributed by atoms with Gasteiger partial charge in [0.1, 0.15) is 10.7 Å². The maximum absolute atomic E-state index is 13.1. The highest BCUT2D eigenvalue weighted by molar-refractivity contribution is 8.00. The summed E-state index contributed by atoms with van der Waals surface area (Å²) in [6.45, 7) is 3.60. The third-order valence-electron chi connectivity index (χ3n) is 4.51. The Bertz CT molecular complexity index is 1190. The van der Waals surface area contributed by atoms with Crippen molar-refractivity contribution >= 4 is 50.7 Å². The molecule has 2 aromatic heterocycles. The molecule has 0 fully saturated rings. The van der Waals surface area contributed by atoms with Gasteiger partial charge in [-0.3, -0.25) is 4.79 Å². The van der Waals surface area contributed by atoms with E-state index in [1.165, 1.54) is 35.2 Å². The lowest BCUT2D eigenvalue weighted by Gasteiger charge is -2.16. The normalized spacial score (nSPS) is 13.3. The van der Waals surface area contributed by atoms with Gasteiger partial charge in [0.15, 0.2) is 0 Å². The molecule has 5 nitrogen and oxygen atoms in total. The molecule has 1 N–H and O–H groups in total. The topological polar surface area (TPSA) is 68.0 Å². The van der Waals surface area contributed by atoms with Gasteiger partial charge in [-0.2, -0.15) is 0 Å². The molecule has 154 valence electrons. The van der Waals surface area contributed by atoms with Gasteiger partial charge in [0.2, 0.25) is 5.91 Å². The second kappa shape index (κ2) is 8.75. The first-order chi connectivity index (χ1) is 14.4. The van der Waals surface area contributed by atoms with Gasteiger partial charge in [0, 0.05) is 10.1 Å². The van der Waals surface area contributed by atoms with Crippen LogP contribution in [0.2, 0.25) is 5.02 Å². The van der Waals surface area contributed by atoms with Crippen molar-refractivity contribution < 1.29 is 13.6 Å². The molecule has 0 radical (unpaired) electrons. The van der Waals surface area contributed by atoms with Crippen LogP contribution in [-0.4, -0.2) is 21.4 Å². The summed E-state index contributed by atoms with van der Waals surface area (Å²) in [6, 6.07) is 13.6. The van der Waals surface area contributed by atoms with Gasteiger partial charge < -0.3 is 9.73 Å². The van der Waals surface area contributed by atoms with Gasteiger partial charge in [-0.1, -0.05) is 53.7 Å². The van der Waals surface area contributed by atoms with E-state index in [1.807, 2.05) is 31.2 Å². The van der Waals surface area contributed by atoms with Crippen LogP contribution in [0.4, 0.5) is 4.39 Å². The van der Waals surface area contributed by atoms with Crippen molar-refractivity contribution in [1.82, 2.24) is 15.5 Å². The number of amides is 1. The van der Waals surface area contributed by atoms with Crippen LogP contribution in [0.5, 0.6) is 0 Å². The smallest absolute Gasteiger partial charge is 0.277 e. The number of aromatic nitrogens is 2. The quantitative estimate of drug-likeness (QED) is 0.351. The number of halogens is 2. The minimum absolute atomic E-state index is 0.184. The van der Waals surface area contributed by atoms with E-state index in [0.29, 0.717) is 15.8 Å². The van der Waals surface area contributed by atoms with E-state index in [1.54, 1.807) is 19.1 Å². The van der Waals surface area contributed by atoms with Crippen LogP contribution in [0.1, 0.15) is 25.5 Å². The average Bonchev–Trinajstić information content (AvgIpc) is 3.33. The molecule has 0 unspecified atom stereocenters. The van der Waals surface area contributed by atoms with Crippen LogP contribution in [0.25, 0.3) is 20.9 Å². The van der Waals surface area contributed by atoms with E-state index in [-0.39, 0.29) is 23.0 Å². The minimum atomic E-state index is -0.459. The van der Waals surface area contributed by atoms with Crippen LogP contribution >= 0.6 is 34.7 Å². The third-order valence-corrected chi connectivity index (χ3v) is 7.11. The molecule has 9 heteroatoms. The number of hydrogen-bond acceptors (Lipinski definition) is 6. The van der Waals surface area contributed by atoms with Crippen molar-refractivity contribution in [2.75, 3.05) is 0 Å². The molecule has 0 bridgehead atoms. The maximum atomic E-state index is 13.1. The molecule has 2 aromatic carbocycles. The summed E-state index contributed by atoms with van der Waals surface area (Å²) in [4.78, 5) is 13.2. The van der Waals surface area contributed by atoms with Crippen LogP contribution in [0.3, 0.4) is 0 Å². The Morgan fingerprint density at radius 2 is 1.90 bits per heavy atom. The largest absolute Gasteiger partial charge is 0.410 e. The predicted octanol–water partition coefficient (Wildman–Crippen LogP) is 6.10. The number of rotatable bonds is 6. The van der Waals surface area contributed by atoms with Gasteiger partial charge in [-0.15, -0.1) is 21.5 Å². The zero-order valence-electron chi connectivity index (χ0n) is 16.1. The summed E-state index contributed by atoms with van der Waals surface area (Å²) >= 11 is 9.12. The summed E-state index contributed by atoms with van der Waals surface area (Å²) in [7, 11) is 0. The molecule has 0 aliphatic heterocycles. The van der Waals surface area contributed by atoms with Gasteiger partial charge in [0.25, 0.3) is 11.1 Å². The Kier molecular flexibility index (Phi) is 6.08. The number of benzene rings is 2.